The Balaban J connectivity index is 1.69. The summed E-state index contributed by atoms with van der Waals surface area (Å²) >= 11 is 0. The Bertz CT molecular complexity index is 762. The summed E-state index contributed by atoms with van der Waals surface area (Å²) in [4.78, 5) is 17.7. The largest absolute Gasteiger partial charge is 0.460 e. The molecule has 2 aliphatic rings. The number of rotatable bonds is 4. The first-order chi connectivity index (χ1) is 12.1. The minimum absolute atomic E-state index is 0.108. The second-order valence-electron chi connectivity index (χ2n) is 6.56. The average molecular weight is 350 g/mol. The highest BCUT2D eigenvalue weighted by molar-refractivity contribution is 5.82. The van der Waals surface area contributed by atoms with Gasteiger partial charge in [0, 0.05) is 0 Å². The Morgan fingerprint density at radius 3 is 2.76 bits per heavy atom. The van der Waals surface area contributed by atoms with E-state index in [0.717, 1.165) is 25.7 Å². The molecule has 4 rings (SSSR count). The molecular formula is C15H22N6O4. The van der Waals surface area contributed by atoms with Crippen LogP contribution in [-0.4, -0.2) is 49.0 Å². The molecule has 10 heteroatoms. The molecule has 25 heavy (non-hydrogen) atoms. The van der Waals surface area contributed by atoms with E-state index in [2.05, 4.69) is 15.0 Å². The van der Waals surface area contributed by atoms with Crippen LogP contribution in [0.2, 0.25) is 0 Å². The van der Waals surface area contributed by atoms with Gasteiger partial charge in [-0.1, -0.05) is 0 Å². The molecule has 0 radical (unpaired) electrons. The normalized spacial score (nSPS) is 30.4. The maximum Gasteiger partial charge on any atom is 0.320 e. The van der Waals surface area contributed by atoms with E-state index in [1.807, 2.05) is 0 Å². The van der Waals surface area contributed by atoms with Crippen LogP contribution in [-0.2, 0) is 9.57 Å². The topological polar surface area (TPSA) is 144 Å². The van der Waals surface area contributed by atoms with Gasteiger partial charge in [-0.2, -0.15) is 9.97 Å². The third kappa shape index (κ3) is 2.80. The van der Waals surface area contributed by atoms with E-state index < -0.39 is 18.4 Å². The van der Waals surface area contributed by atoms with Crippen molar-refractivity contribution in [3.8, 4) is 6.01 Å². The summed E-state index contributed by atoms with van der Waals surface area (Å²) in [5.74, 6) is 5.48. The van der Waals surface area contributed by atoms with Crippen molar-refractivity contribution >= 4 is 17.0 Å². The summed E-state index contributed by atoms with van der Waals surface area (Å²) in [6.45, 7) is 1.78. The number of hydrogen-bond donors (Lipinski definition) is 3. The Morgan fingerprint density at radius 2 is 2.08 bits per heavy atom. The van der Waals surface area contributed by atoms with E-state index in [1.165, 1.54) is 6.33 Å². The number of aliphatic hydroxyl groups is 1. The molecule has 0 spiro atoms. The smallest absolute Gasteiger partial charge is 0.320 e. The van der Waals surface area contributed by atoms with Gasteiger partial charge < -0.3 is 20.3 Å². The number of ether oxygens (including phenoxy) is 2. The molecule has 2 aromatic heterocycles. The van der Waals surface area contributed by atoms with E-state index in [-0.39, 0.29) is 24.0 Å². The zero-order valence-electron chi connectivity index (χ0n) is 13.9. The summed E-state index contributed by atoms with van der Waals surface area (Å²) < 4.78 is 13.2. The van der Waals surface area contributed by atoms with Crippen LogP contribution in [0.1, 0.15) is 38.8 Å². The molecule has 5 N–H and O–H groups in total. The maximum absolute atomic E-state index is 10.4. The second-order valence-corrected chi connectivity index (χ2v) is 6.56. The molecule has 0 amide bonds. The lowest BCUT2D eigenvalue weighted by Gasteiger charge is -2.18. The number of nitrogen functional groups attached to an aromatic ring is 1. The SMILES string of the molecule is C[C@H]1OC(n2cnc3c(N)nc(OC4CCCC4)nc32)[C@H](O)[C@H]1ON. The number of fused-ring (bicyclic) bond motifs is 1. The molecule has 2 fully saturated rings. The number of imidazole rings is 1. The molecule has 0 aromatic carbocycles. The first-order valence-corrected chi connectivity index (χ1v) is 8.44. The molecule has 1 unspecified atom stereocenters. The lowest BCUT2D eigenvalue weighted by atomic mass is 10.1. The van der Waals surface area contributed by atoms with E-state index in [9.17, 15) is 5.11 Å². The molecule has 1 aliphatic carbocycles. The van der Waals surface area contributed by atoms with Crippen LogP contribution in [0, 0.1) is 0 Å². The summed E-state index contributed by atoms with van der Waals surface area (Å²) in [6.07, 6.45) is 3.14. The van der Waals surface area contributed by atoms with Crippen LogP contribution < -0.4 is 16.4 Å². The molecule has 4 atom stereocenters. The molecule has 136 valence electrons. The molecule has 2 aromatic rings. The molecule has 1 saturated carbocycles. The quantitative estimate of drug-likeness (QED) is 0.662. The van der Waals surface area contributed by atoms with Crippen LogP contribution in [0.25, 0.3) is 11.2 Å². The van der Waals surface area contributed by atoms with Gasteiger partial charge in [0.2, 0.25) is 0 Å². The van der Waals surface area contributed by atoms with Crippen molar-refractivity contribution in [3.05, 3.63) is 6.33 Å². The average Bonchev–Trinajstić information content (AvgIpc) is 3.28. The van der Waals surface area contributed by atoms with Gasteiger partial charge in [0.05, 0.1) is 12.4 Å². The van der Waals surface area contributed by atoms with Crippen molar-refractivity contribution in [1.82, 2.24) is 19.5 Å². The molecule has 1 saturated heterocycles. The summed E-state index contributed by atoms with van der Waals surface area (Å²) in [5.41, 5.74) is 6.87. The van der Waals surface area contributed by atoms with Gasteiger partial charge in [-0.15, -0.1) is 0 Å². The van der Waals surface area contributed by atoms with Gasteiger partial charge in [0.1, 0.15) is 18.3 Å². The number of nitrogens with zero attached hydrogens (tertiary/aromatic N) is 4. The molecule has 0 bridgehead atoms. The second kappa shape index (κ2) is 6.37. The van der Waals surface area contributed by atoms with E-state index in [4.69, 9.17) is 25.9 Å². The predicted octanol–water partition coefficient (Wildman–Crippen LogP) is 0.267. The predicted molar refractivity (Wildman–Crippen MR) is 87.3 cm³/mol. The first kappa shape index (κ1) is 16.5. The lowest BCUT2D eigenvalue weighted by Crippen LogP contribution is -2.35. The zero-order valence-corrected chi connectivity index (χ0v) is 13.9. The van der Waals surface area contributed by atoms with Crippen LogP contribution in [0.15, 0.2) is 6.33 Å². The lowest BCUT2D eigenvalue weighted by molar-refractivity contribution is -0.0361. The van der Waals surface area contributed by atoms with Crippen LogP contribution in [0.3, 0.4) is 0 Å². The van der Waals surface area contributed by atoms with Gasteiger partial charge in [-0.25, -0.2) is 10.9 Å². The van der Waals surface area contributed by atoms with Crippen molar-refractivity contribution in [2.75, 3.05) is 5.73 Å². The maximum atomic E-state index is 10.4. The van der Waals surface area contributed by atoms with E-state index >= 15 is 0 Å². The highest BCUT2D eigenvalue weighted by Crippen LogP contribution is 2.33. The molecular weight excluding hydrogens is 328 g/mol. The number of aromatic nitrogens is 4. The first-order valence-electron chi connectivity index (χ1n) is 8.44. The standard InChI is InChI=1S/C15H22N6O4/c1-7-11(25-17)10(22)14(23-7)21-6-18-9-12(16)19-15(20-13(9)21)24-8-4-2-3-5-8/h6-8,10-11,14,22H,2-5,17H2,1H3,(H2,16,19,20)/t7-,10-,11+,14?/m1/s1. The fraction of sp³-hybridized carbons (Fsp3) is 0.667. The number of anilines is 1. The van der Waals surface area contributed by atoms with E-state index in [0.29, 0.717) is 11.2 Å². The highest BCUT2D eigenvalue weighted by atomic mass is 16.7. The molecule has 3 heterocycles. The zero-order chi connectivity index (χ0) is 17.6. The van der Waals surface area contributed by atoms with Gasteiger partial charge in [-0.3, -0.25) is 9.40 Å². The fourth-order valence-electron chi connectivity index (χ4n) is 3.55. The summed E-state index contributed by atoms with van der Waals surface area (Å²) in [6, 6.07) is 0.214. The third-order valence-corrected chi connectivity index (χ3v) is 4.88. The Hall–Kier alpha value is -2.01. The van der Waals surface area contributed by atoms with Crippen LogP contribution in [0.4, 0.5) is 5.82 Å². The minimum Gasteiger partial charge on any atom is -0.460 e. The fourth-order valence-corrected chi connectivity index (χ4v) is 3.55. The van der Waals surface area contributed by atoms with Gasteiger partial charge in [0.25, 0.3) is 0 Å². The number of hydrogen-bond acceptors (Lipinski definition) is 9. The van der Waals surface area contributed by atoms with Crippen molar-refractivity contribution in [2.24, 2.45) is 5.90 Å². The molecule has 10 nitrogen and oxygen atoms in total. The summed E-state index contributed by atoms with van der Waals surface area (Å²) in [5, 5.41) is 10.4. The van der Waals surface area contributed by atoms with Crippen molar-refractivity contribution in [2.45, 2.75) is 63.3 Å². The van der Waals surface area contributed by atoms with Crippen LogP contribution >= 0.6 is 0 Å². The Kier molecular flexibility index (Phi) is 4.20. The van der Waals surface area contributed by atoms with Crippen molar-refractivity contribution in [1.29, 1.82) is 0 Å². The van der Waals surface area contributed by atoms with E-state index in [1.54, 1.807) is 11.5 Å². The molecule has 1 aliphatic heterocycles. The Morgan fingerprint density at radius 1 is 1.32 bits per heavy atom. The monoisotopic (exact) mass is 350 g/mol. The number of nitrogens with two attached hydrogens (primary N) is 2. The van der Waals surface area contributed by atoms with Gasteiger partial charge >= 0.3 is 6.01 Å². The number of aliphatic hydroxyl groups excluding tert-OH is 1. The van der Waals surface area contributed by atoms with Gasteiger partial charge in [0.15, 0.2) is 23.2 Å². The van der Waals surface area contributed by atoms with Crippen molar-refractivity contribution < 1.29 is 19.4 Å². The summed E-state index contributed by atoms with van der Waals surface area (Å²) in [7, 11) is 0. The minimum atomic E-state index is -0.965. The van der Waals surface area contributed by atoms with Crippen LogP contribution in [0.5, 0.6) is 6.01 Å². The Labute approximate surface area is 144 Å². The highest BCUT2D eigenvalue weighted by Gasteiger charge is 2.44. The third-order valence-electron chi connectivity index (χ3n) is 4.88. The van der Waals surface area contributed by atoms with Crippen molar-refractivity contribution in [3.63, 3.8) is 0 Å². The van der Waals surface area contributed by atoms with Gasteiger partial charge in [-0.05, 0) is 32.6 Å².